The van der Waals surface area contributed by atoms with E-state index < -0.39 is 0 Å². The van der Waals surface area contributed by atoms with Crippen LogP contribution in [0.5, 0.6) is 0 Å². The second kappa shape index (κ2) is 8.43. The van der Waals surface area contributed by atoms with E-state index in [1.54, 1.807) is 0 Å². The molecule has 0 heterocycles. The van der Waals surface area contributed by atoms with Crippen molar-refractivity contribution in [2.24, 2.45) is 0 Å². The topological polar surface area (TPSA) is 15.3 Å². The van der Waals surface area contributed by atoms with Gasteiger partial charge in [0.1, 0.15) is 0 Å². The lowest BCUT2D eigenvalue weighted by atomic mass is 10.1. The average molecular weight is 274 g/mol. The van der Waals surface area contributed by atoms with Crippen molar-refractivity contribution in [3.63, 3.8) is 0 Å². The van der Waals surface area contributed by atoms with Gasteiger partial charge in [0.2, 0.25) is 0 Å². The summed E-state index contributed by atoms with van der Waals surface area (Å²) in [6, 6.07) is 9.75. The number of rotatable bonds is 8. The Hall–Kier alpha value is -0.860. The fourth-order valence-corrected chi connectivity index (χ4v) is 3.27. The van der Waals surface area contributed by atoms with Crippen LogP contribution in [0, 0.1) is 0 Å². The van der Waals surface area contributed by atoms with E-state index in [1.807, 2.05) is 0 Å². The number of nitrogens with zero attached hydrogens (tertiary/aromatic N) is 1. The Labute approximate surface area is 124 Å². The molecule has 112 valence electrons. The van der Waals surface area contributed by atoms with Gasteiger partial charge in [-0.3, -0.25) is 4.90 Å². The van der Waals surface area contributed by atoms with Crippen molar-refractivity contribution in [1.29, 1.82) is 0 Å². The highest BCUT2D eigenvalue weighted by Crippen LogP contribution is 2.25. The SMILES string of the molecule is CCCNCc1ccccc1CN(CC)C1CCCC1. The van der Waals surface area contributed by atoms with Crippen LogP contribution in [0.2, 0.25) is 0 Å². The van der Waals surface area contributed by atoms with Crippen molar-refractivity contribution in [3.05, 3.63) is 35.4 Å². The quantitative estimate of drug-likeness (QED) is 0.722. The molecule has 2 heteroatoms. The van der Waals surface area contributed by atoms with Gasteiger partial charge in [-0.25, -0.2) is 0 Å². The van der Waals surface area contributed by atoms with Gasteiger partial charge in [0.25, 0.3) is 0 Å². The summed E-state index contributed by atoms with van der Waals surface area (Å²) in [6.45, 7) is 8.92. The number of nitrogens with one attached hydrogen (secondary N) is 1. The first kappa shape index (κ1) is 15.5. The molecule has 0 atom stereocenters. The maximum absolute atomic E-state index is 3.53. The molecule has 1 aromatic rings. The molecule has 0 aliphatic heterocycles. The molecule has 0 spiro atoms. The lowest BCUT2D eigenvalue weighted by Gasteiger charge is -2.28. The summed E-state index contributed by atoms with van der Waals surface area (Å²) in [5, 5.41) is 3.53. The summed E-state index contributed by atoms with van der Waals surface area (Å²) < 4.78 is 0. The van der Waals surface area contributed by atoms with Crippen LogP contribution in [-0.4, -0.2) is 24.0 Å². The first-order chi connectivity index (χ1) is 9.85. The Balaban J connectivity index is 1.99. The van der Waals surface area contributed by atoms with Crippen molar-refractivity contribution in [2.45, 2.75) is 65.1 Å². The Bertz CT molecular complexity index is 383. The van der Waals surface area contributed by atoms with Crippen molar-refractivity contribution < 1.29 is 0 Å². The van der Waals surface area contributed by atoms with Crippen LogP contribution in [-0.2, 0) is 13.1 Å². The molecule has 1 aromatic carbocycles. The third-order valence-corrected chi connectivity index (χ3v) is 4.48. The first-order valence-electron chi connectivity index (χ1n) is 8.36. The summed E-state index contributed by atoms with van der Waals surface area (Å²) in [5.41, 5.74) is 2.97. The van der Waals surface area contributed by atoms with E-state index in [9.17, 15) is 0 Å². The minimum Gasteiger partial charge on any atom is -0.313 e. The summed E-state index contributed by atoms with van der Waals surface area (Å²) >= 11 is 0. The average Bonchev–Trinajstić information content (AvgIpc) is 3.00. The van der Waals surface area contributed by atoms with E-state index in [0.717, 1.165) is 25.7 Å². The second-order valence-electron chi connectivity index (χ2n) is 5.95. The highest BCUT2D eigenvalue weighted by atomic mass is 15.1. The van der Waals surface area contributed by atoms with Crippen LogP contribution in [0.4, 0.5) is 0 Å². The summed E-state index contributed by atoms with van der Waals surface area (Å²) in [7, 11) is 0. The largest absolute Gasteiger partial charge is 0.313 e. The Morgan fingerprint density at radius 2 is 1.80 bits per heavy atom. The molecule has 0 saturated heterocycles. The molecule has 1 fully saturated rings. The zero-order valence-corrected chi connectivity index (χ0v) is 13.2. The maximum atomic E-state index is 3.53. The molecular weight excluding hydrogens is 244 g/mol. The van der Waals surface area contributed by atoms with Gasteiger partial charge in [-0.1, -0.05) is 51.0 Å². The van der Waals surface area contributed by atoms with E-state index in [1.165, 1.54) is 49.8 Å². The van der Waals surface area contributed by atoms with Gasteiger partial charge in [0.15, 0.2) is 0 Å². The molecule has 1 aliphatic rings. The minimum atomic E-state index is 0.816. The van der Waals surface area contributed by atoms with E-state index >= 15 is 0 Å². The molecule has 0 aromatic heterocycles. The molecule has 0 unspecified atom stereocenters. The van der Waals surface area contributed by atoms with Crippen molar-refractivity contribution in [1.82, 2.24) is 10.2 Å². The second-order valence-corrected chi connectivity index (χ2v) is 5.95. The molecule has 20 heavy (non-hydrogen) atoms. The van der Waals surface area contributed by atoms with Crippen LogP contribution in [0.15, 0.2) is 24.3 Å². The first-order valence-corrected chi connectivity index (χ1v) is 8.36. The number of hydrogen-bond donors (Lipinski definition) is 1. The monoisotopic (exact) mass is 274 g/mol. The highest BCUT2D eigenvalue weighted by molar-refractivity contribution is 5.27. The summed E-state index contributed by atoms with van der Waals surface area (Å²) in [6.07, 6.45) is 6.82. The molecule has 1 N–H and O–H groups in total. The molecule has 0 radical (unpaired) electrons. The maximum Gasteiger partial charge on any atom is 0.0239 e. The predicted octanol–water partition coefficient (Wildman–Crippen LogP) is 3.95. The lowest BCUT2D eigenvalue weighted by molar-refractivity contribution is 0.199. The van der Waals surface area contributed by atoms with Crippen LogP contribution in [0.3, 0.4) is 0 Å². The van der Waals surface area contributed by atoms with Gasteiger partial charge in [0.05, 0.1) is 0 Å². The smallest absolute Gasteiger partial charge is 0.0239 e. The molecule has 0 bridgehead atoms. The third-order valence-electron chi connectivity index (χ3n) is 4.48. The van der Waals surface area contributed by atoms with Crippen LogP contribution >= 0.6 is 0 Å². The van der Waals surface area contributed by atoms with Crippen LogP contribution in [0.1, 0.15) is 57.1 Å². The molecular formula is C18H30N2. The lowest BCUT2D eigenvalue weighted by Crippen LogP contribution is -2.33. The molecule has 1 saturated carbocycles. The van der Waals surface area contributed by atoms with Gasteiger partial charge in [-0.2, -0.15) is 0 Å². The van der Waals surface area contributed by atoms with Gasteiger partial charge in [0, 0.05) is 19.1 Å². The fraction of sp³-hybridized carbons (Fsp3) is 0.667. The molecule has 2 nitrogen and oxygen atoms in total. The summed E-state index contributed by atoms with van der Waals surface area (Å²) in [4.78, 5) is 2.67. The zero-order chi connectivity index (χ0) is 14.2. The highest BCUT2D eigenvalue weighted by Gasteiger charge is 2.21. The molecule has 1 aliphatic carbocycles. The van der Waals surface area contributed by atoms with Gasteiger partial charge in [-0.05, 0) is 43.5 Å². The Morgan fingerprint density at radius 1 is 1.10 bits per heavy atom. The van der Waals surface area contributed by atoms with Crippen LogP contribution in [0.25, 0.3) is 0 Å². The van der Waals surface area contributed by atoms with E-state index in [0.29, 0.717) is 0 Å². The number of benzene rings is 1. The Kier molecular flexibility index (Phi) is 6.55. The third kappa shape index (κ3) is 4.32. The summed E-state index contributed by atoms with van der Waals surface area (Å²) in [5.74, 6) is 0. The van der Waals surface area contributed by atoms with Gasteiger partial charge in [-0.15, -0.1) is 0 Å². The molecule has 0 amide bonds. The minimum absolute atomic E-state index is 0.816. The zero-order valence-electron chi connectivity index (χ0n) is 13.2. The van der Waals surface area contributed by atoms with E-state index in [2.05, 4.69) is 48.3 Å². The normalized spacial score (nSPS) is 16.1. The standard InChI is InChI=1S/C18H30N2/c1-3-13-19-14-16-9-5-6-10-17(16)15-20(4-2)18-11-7-8-12-18/h5-6,9-10,18-19H,3-4,7-8,11-15H2,1-2H3. The van der Waals surface area contributed by atoms with Crippen LogP contribution < -0.4 is 5.32 Å². The number of hydrogen-bond acceptors (Lipinski definition) is 2. The van der Waals surface area contributed by atoms with Crippen molar-refractivity contribution >= 4 is 0 Å². The van der Waals surface area contributed by atoms with E-state index in [-0.39, 0.29) is 0 Å². The fourth-order valence-electron chi connectivity index (χ4n) is 3.27. The van der Waals surface area contributed by atoms with Crippen molar-refractivity contribution in [3.8, 4) is 0 Å². The molecule has 2 rings (SSSR count). The van der Waals surface area contributed by atoms with E-state index in [4.69, 9.17) is 0 Å². The predicted molar refractivity (Wildman–Crippen MR) is 86.8 cm³/mol. The van der Waals surface area contributed by atoms with Gasteiger partial charge >= 0.3 is 0 Å². The van der Waals surface area contributed by atoms with Crippen molar-refractivity contribution in [2.75, 3.05) is 13.1 Å². The Morgan fingerprint density at radius 3 is 2.45 bits per heavy atom. The van der Waals surface area contributed by atoms with Gasteiger partial charge < -0.3 is 5.32 Å².